The Hall–Kier alpha value is -0.810. The average Bonchev–Trinajstić information content (AvgIpc) is 2.84. The fourth-order valence-corrected chi connectivity index (χ4v) is 2.76. The highest BCUT2D eigenvalue weighted by Gasteiger charge is 2.16. The molecule has 0 radical (unpaired) electrons. The molecule has 0 fully saturated rings. The molecule has 2 rings (SSSR count). The quantitative estimate of drug-likeness (QED) is 0.653. The van der Waals surface area contributed by atoms with Gasteiger partial charge in [-0.2, -0.15) is 0 Å². The van der Waals surface area contributed by atoms with Crippen molar-refractivity contribution in [2.75, 3.05) is 0 Å². The monoisotopic (exact) mass is 256 g/mol. The summed E-state index contributed by atoms with van der Waals surface area (Å²) >= 11 is 7.45. The standard InChI is InChI=1S/C11H13ClN2OS/c1-7-4-5-15-11(7)9(14-13)6-8-2-3-10(12)16-8/h2-5,9,14H,6,13H2,1H3. The van der Waals surface area contributed by atoms with Gasteiger partial charge in [0.1, 0.15) is 5.76 Å². The summed E-state index contributed by atoms with van der Waals surface area (Å²) in [7, 11) is 0. The van der Waals surface area contributed by atoms with Crippen LogP contribution in [0.3, 0.4) is 0 Å². The van der Waals surface area contributed by atoms with Crippen molar-refractivity contribution in [2.24, 2.45) is 5.84 Å². The molecule has 86 valence electrons. The second-order valence-corrected chi connectivity index (χ2v) is 5.40. The molecule has 0 aliphatic heterocycles. The third-order valence-corrected chi connectivity index (χ3v) is 3.71. The van der Waals surface area contributed by atoms with Gasteiger partial charge in [0.05, 0.1) is 16.6 Å². The summed E-state index contributed by atoms with van der Waals surface area (Å²) in [5.74, 6) is 6.43. The first-order valence-electron chi connectivity index (χ1n) is 4.95. The fraction of sp³-hybridized carbons (Fsp3) is 0.273. The van der Waals surface area contributed by atoms with Gasteiger partial charge in [0, 0.05) is 11.3 Å². The minimum absolute atomic E-state index is 0.00952. The highest BCUT2D eigenvalue weighted by Crippen LogP contribution is 2.27. The molecule has 0 aromatic carbocycles. The Bertz CT molecular complexity index is 466. The van der Waals surface area contributed by atoms with Gasteiger partial charge in [-0.25, -0.2) is 5.43 Å². The van der Waals surface area contributed by atoms with Gasteiger partial charge >= 0.3 is 0 Å². The van der Waals surface area contributed by atoms with Crippen LogP contribution in [0.1, 0.15) is 22.2 Å². The molecule has 2 aromatic heterocycles. The number of rotatable bonds is 4. The third kappa shape index (κ3) is 2.47. The van der Waals surface area contributed by atoms with Crippen molar-refractivity contribution < 1.29 is 4.42 Å². The maximum absolute atomic E-state index is 5.89. The molecule has 0 spiro atoms. The smallest absolute Gasteiger partial charge is 0.125 e. The van der Waals surface area contributed by atoms with Gasteiger partial charge in [0.25, 0.3) is 0 Å². The third-order valence-electron chi connectivity index (χ3n) is 2.45. The Balaban J connectivity index is 2.15. The molecular weight excluding hydrogens is 244 g/mol. The summed E-state index contributed by atoms with van der Waals surface area (Å²) in [5, 5.41) is 0. The number of nitrogens with one attached hydrogen (secondary N) is 1. The van der Waals surface area contributed by atoms with Gasteiger partial charge in [-0.1, -0.05) is 11.6 Å². The van der Waals surface area contributed by atoms with Crippen molar-refractivity contribution in [1.29, 1.82) is 0 Å². The first-order valence-corrected chi connectivity index (χ1v) is 6.14. The van der Waals surface area contributed by atoms with Crippen LogP contribution in [0.2, 0.25) is 4.34 Å². The molecule has 0 saturated heterocycles. The van der Waals surface area contributed by atoms with Crippen molar-refractivity contribution in [3.63, 3.8) is 0 Å². The Morgan fingerprint density at radius 2 is 2.31 bits per heavy atom. The van der Waals surface area contributed by atoms with Crippen LogP contribution in [0.5, 0.6) is 0 Å². The van der Waals surface area contributed by atoms with Crippen LogP contribution in [0, 0.1) is 6.92 Å². The topological polar surface area (TPSA) is 51.2 Å². The molecule has 0 aliphatic carbocycles. The fourth-order valence-electron chi connectivity index (χ4n) is 1.63. The van der Waals surface area contributed by atoms with E-state index in [4.69, 9.17) is 21.9 Å². The second kappa shape index (κ2) is 5.01. The molecular formula is C11H13ClN2OS. The highest BCUT2D eigenvalue weighted by molar-refractivity contribution is 7.16. The highest BCUT2D eigenvalue weighted by atomic mass is 35.5. The van der Waals surface area contributed by atoms with Crippen LogP contribution in [0.15, 0.2) is 28.9 Å². The number of hydrazine groups is 1. The molecule has 1 atom stereocenters. The number of hydrogen-bond donors (Lipinski definition) is 2. The van der Waals surface area contributed by atoms with E-state index in [2.05, 4.69) is 5.43 Å². The van der Waals surface area contributed by atoms with E-state index in [9.17, 15) is 0 Å². The molecule has 0 bridgehead atoms. The molecule has 0 aliphatic rings. The number of thiophene rings is 1. The molecule has 2 aromatic rings. The number of furan rings is 1. The van der Waals surface area contributed by atoms with Gasteiger partial charge in [-0.3, -0.25) is 5.84 Å². The van der Waals surface area contributed by atoms with E-state index >= 15 is 0 Å². The summed E-state index contributed by atoms with van der Waals surface area (Å²) in [4.78, 5) is 1.18. The van der Waals surface area contributed by atoms with E-state index in [-0.39, 0.29) is 6.04 Å². The predicted molar refractivity (Wildman–Crippen MR) is 66.5 cm³/mol. The molecule has 5 heteroatoms. The van der Waals surface area contributed by atoms with Crippen LogP contribution in [-0.2, 0) is 6.42 Å². The van der Waals surface area contributed by atoms with Crippen molar-refractivity contribution in [3.05, 3.63) is 45.0 Å². The summed E-state index contributed by atoms with van der Waals surface area (Å²) in [6.45, 7) is 2.00. The van der Waals surface area contributed by atoms with Crippen molar-refractivity contribution >= 4 is 22.9 Å². The Morgan fingerprint density at radius 3 is 2.81 bits per heavy atom. The van der Waals surface area contributed by atoms with E-state index in [0.717, 1.165) is 22.1 Å². The predicted octanol–water partition coefficient (Wildman–Crippen LogP) is 3.05. The summed E-state index contributed by atoms with van der Waals surface area (Å²) in [6.07, 6.45) is 2.46. The van der Waals surface area contributed by atoms with Crippen LogP contribution in [-0.4, -0.2) is 0 Å². The zero-order valence-corrected chi connectivity index (χ0v) is 10.4. The average molecular weight is 257 g/mol. The lowest BCUT2D eigenvalue weighted by Crippen LogP contribution is -2.29. The lowest BCUT2D eigenvalue weighted by atomic mass is 10.1. The number of hydrogen-bond acceptors (Lipinski definition) is 4. The van der Waals surface area contributed by atoms with Gasteiger partial charge in [-0.05, 0) is 30.7 Å². The summed E-state index contributed by atoms with van der Waals surface area (Å²) < 4.78 is 6.22. The molecule has 1 unspecified atom stereocenters. The summed E-state index contributed by atoms with van der Waals surface area (Å²) in [5.41, 5.74) is 3.88. The van der Waals surface area contributed by atoms with Gasteiger partial charge < -0.3 is 4.42 Å². The molecule has 2 heterocycles. The maximum Gasteiger partial charge on any atom is 0.125 e. The molecule has 0 saturated carbocycles. The van der Waals surface area contributed by atoms with Gasteiger partial charge in [0.15, 0.2) is 0 Å². The van der Waals surface area contributed by atoms with E-state index in [1.54, 1.807) is 17.6 Å². The van der Waals surface area contributed by atoms with Crippen LogP contribution in [0.25, 0.3) is 0 Å². The van der Waals surface area contributed by atoms with Crippen LogP contribution < -0.4 is 11.3 Å². The van der Waals surface area contributed by atoms with E-state index in [1.165, 1.54) is 4.88 Å². The minimum atomic E-state index is -0.00952. The minimum Gasteiger partial charge on any atom is -0.467 e. The zero-order chi connectivity index (χ0) is 11.5. The van der Waals surface area contributed by atoms with Crippen LogP contribution in [0.4, 0.5) is 0 Å². The first kappa shape index (κ1) is 11.7. The Kier molecular flexibility index (Phi) is 3.66. The summed E-state index contributed by atoms with van der Waals surface area (Å²) in [6, 6.07) is 5.82. The Labute approximate surface area is 103 Å². The lowest BCUT2D eigenvalue weighted by molar-refractivity contribution is 0.414. The first-order chi connectivity index (χ1) is 7.70. The maximum atomic E-state index is 5.89. The van der Waals surface area contributed by atoms with E-state index in [0.29, 0.717) is 0 Å². The van der Waals surface area contributed by atoms with Crippen LogP contribution >= 0.6 is 22.9 Å². The van der Waals surface area contributed by atoms with Crippen molar-refractivity contribution in [1.82, 2.24) is 5.43 Å². The zero-order valence-electron chi connectivity index (χ0n) is 8.87. The SMILES string of the molecule is Cc1ccoc1C(Cc1ccc(Cl)s1)NN. The van der Waals surface area contributed by atoms with Gasteiger partial charge in [0.2, 0.25) is 0 Å². The number of aryl methyl sites for hydroxylation is 1. The normalized spacial score (nSPS) is 12.9. The molecule has 3 nitrogen and oxygen atoms in total. The molecule has 0 amide bonds. The second-order valence-electron chi connectivity index (χ2n) is 3.60. The van der Waals surface area contributed by atoms with Crippen molar-refractivity contribution in [2.45, 2.75) is 19.4 Å². The Morgan fingerprint density at radius 1 is 1.50 bits per heavy atom. The largest absolute Gasteiger partial charge is 0.467 e. The van der Waals surface area contributed by atoms with E-state index < -0.39 is 0 Å². The van der Waals surface area contributed by atoms with Gasteiger partial charge in [-0.15, -0.1) is 11.3 Å². The van der Waals surface area contributed by atoms with E-state index in [1.807, 2.05) is 25.1 Å². The molecule has 16 heavy (non-hydrogen) atoms. The lowest BCUT2D eigenvalue weighted by Gasteiger charge is -2.13. The molecule has 3 N–H and O–H groups in total. The number of nitrogens with two attached hydrogens (primary N) is 1. The number of halogens is 1. The van der Waals surface area contributed by atoms with Crippen molar-refractivity contribution in [3.8, 4) is 0 Å².